The molecule has 1 aliphatic rings. The highest BCUT2D eigenvalue weighted by Crippen LogP contribution is 2.23. The van der Waals surface area contributed by atoms with Crippen LogP contribution in [0.5, 0.6) is 0 Å². The molecule has 0 N–H and O–H groups in total. The Hall–Kier alpha value is -2.44. The Balaban J connectivity index is 1.83. The predicted octanol–water partition coefficient (Wildman–Crippen LogP) is 1.53. The van der Waals surface area contributed by atoms with E-state index in [4.69, 9.17) is 4.74 Å². The van der Waals surface area contributed by atoms with Crippen LogP contribution in [0.4, 0.5) is 0 Å². The molecule has 0 atom stereocenters. The van der Waals surface area contributed by atoms with Crippen LogP contribution < -0.4 is 5.69 Å². The molecule has 4 rings (SSSR count). The maximum absolute atomic E-state index is 12.4. The van der Waals surface area contributed by atoms with Gasteiger partial charge in [0.05, 0.1) is 13.2 Å². The third kappa shape index (κ3) is 2.74. The number of hydrogen-bond acceptors (Lipinski definition) is 4. The van der Waals surface area contributed by atoms with E-state index in [2.05, 4.69) is 28.2 Å². The monoisotopic (exact) mass is 324 g/mol. The zero-order valence-corrected chi connectivity index (χ0v) is 13.7. The van der Waals surface area contributed by atoms with E-state index in [-0.39, 0.29) is 5.69 Å². The van der Waals surface area contributed by atoms with Gasteiger partial charge in [-0.05, 0) is 17.2 Å². The van der Waals surface area contributed by atoms with Crippen LogP contribution in [0, 0.1) is 0 Å². The van der Waals surface area contributed by atoms with Gasteiger partial charge in [0.1, 0.15) is 0 Å². The van der Waals surface area contributed by atoms with Gasteiger partial charge in [0.2, 0.25) is 0 Å². The number of aromatic nitrogens is 3. The fourth-order valence-corrected chi connectivity index (χ4v) is 3.15. The maximum atomic E-state index is 12.4. The molecule has 1 saturated heterocycles. The third-order valence-electron chi connectivity index (χ3n) is 4.45. The Labute approximate surface area is 139 Å². The summed E-state index contributed by atoms with van der Waals surface area (Å²) >= 11 is 0. The maximum Gasteiger partial charge on any atom is 0.350 e. The summed E-state index contributed by atoms with van der Waals surface area (Å²) in [6.07, 6.45) is 1.88. The number of morpholine rings is 1. The summed E-state index contributed by atoms with van der Waals surface area (Å²) in [6, 6.07) is 12.3. The molecule has 0 spiro atoms. The molecular formula is C18H20N4O2. The average Bonchev–Trinajstić information content (AvgIpc) is 2.92. The van der Waals surface area contributed by atoms with Gasteiger partial charge in [-0.25, -0.2) is 13.9 Å². The van der Waals surface area contributed by atoms with E-state index < -0.39 is 0 Å². The number of ether oxygens (including phenoxy) is 1. The van der Waals surface area contributed by atoms with Crippen molar-refractivity contribution in [2.24, 2.45) is 7.05 Å². The molecule has 1 fully saturated rings. The highest BCUT2D eigenvalue weighted by molar-refractivity contribution is 5.66. The van der Waals surface area contributed by atoms with Gasteiger partial charge in [0.15, 0.2) is 5.65 Å². The predicted molar refractivity (Wildman–Crippen MR) is 92.0 cm³/mol. The van der Waals surface area contributed by atoms with E-state index in [9.17, 15) is 4.79 Å². The Morgan fingerprint density at radius 1 is 1.12 bits per heavy atom. The molecule has 0 bridgehead atoms. The molecule has 0 amide bonds. The topological polar surface area (TPSA) is 51.8 Å². The van der Waals surface area contributed by atoms with Gasteiger partial charge in [-0.15, -0.1) is 5.10 Å². The van der Waals surface area contributed by atoms with E-state index in [1.807, 2.05) is 24.4 Å². The smallest absolute Gasteiger partial charge is 0.350 e. The van der Waals surface area contributed by atoms with Crippen LogP contribution in [0.2, 0.25) is 0 Å². The Morgan fingerprint density at radius 2 is 1.88 bits per heavy atom. The number of benzene rings is 1. The summed E-state index contributed by atoms with van der Waals surface area (Å²) in [5.41, 5.74) is 3.80. The van der Waals surface area contributed by atoms with Crippen LogP contribution in [0.1, 0.15) is 5.56 Å². The van der Waals surface area contributed by atoms with Gasteiger partial charge in [0, 0.05) is 38.4 Å². The van der Waals surface area contributed by atoms with Crippen LogP contribution in [-0.2, 0) is 18.3 Å². The van der Waals surface area contributed by atoms with Crippen LogP contribution in [0.25, 0.3) is 16.8 Å². The molecule has 1 aromatic carbocycles. The van der Waals surface area contributed by atoms with Crippen molar-refractivity contribution < 1.29 is 4.74 Å². The number of rotatable bonds is 3. The summed E-state index contributed by atoms with van der Waals surface area (Å²) in [4.78, 5) is 14.7. The van der Waals surface area contributed by atoms with Crippen molar-refractivity contribution in [1.29, 1.82) is 0 Å². The van der Waals surface area contributed by atoms with Crippen molar-refractivity contribution >= 4 is 5.65 Å². The summed E-state index contributed by atoms with van der Waals surface area (Å²) in [5.74, 6) is 0. The van der Waals surface area contributed by atoms with Crippen LogP contribution in [0.15, 0.2) is 47.4 Å². The first-order chi connectivity index (χ1) is 11.7. The Bertz CT molecular complexity index is 908. The highest BCUT2D eigenvalue weighted by atomic mass is 16.5. The fraction of sp³-hybridized carbons (Fsp3) is 0.333. The second kappa shape index (κ2) is 6.22. The zero-order valence-electron chi connectivity index (χ0n) is 13.7. The van der Waals surface area contributed by atoms with Gasteiger partial charge < -0.3 is 4.74 Å². The lowest BCUT2D eigenvalue weighted by Crippen LogP contribution is -2.35. The van der Waals surface area contributed by atoms with Crippen molar-refractivity contribution in [1.82, 2.24) is 19.1 Å². The lowest BCUT2D eigenvalue weighted by atomic mass is 10.1. The van der Waals surface area contributed by atoms with E-state index in [1.165, 1.54) is 4.68 Å². The molecule has 0 saturated carbocycles. The van der Waals surface area contributed by atoms with Gasteiger partial charge in [-0.3, -0.25) is 4.90 Å². The second-order valence-corrected chi connectivity index (χ2v) is 6.11. The molecule has 6 nitrogen and oxygen atoms in total. The van der Waals surface area contributed by atoms with Gasteiger partial charge in [-0.2, -0.15) is 0 Å². The molecule has 124 valence electrons. The lowest BCUT2D eigenvalue weighted by molar-refractivity contribution is 0.0343. The zero-order chi connectivity index (χ0) is 16.5. The first kappa shape index (κ1) is 15.1. The minimum Gasteiger partial charge on any atom is -0.379 e. The van der Waals surface area contributed by atoms with E-state index in [1.54, 1.807) is 11.4 Å². The number of aryl methyl sites for hydroxylation is 1. The van der Waals surface area contributed by atoms with Crippen LogP contribution in [-0.4, -0.2) is 45.4 Å². The summed E-state index contributed by atoms with van der Waals surface area (Å²) in [5, 5.41) is 4.42. The Morgan fingerprint density at radius 3 is 2.62 bits per heavy atom. The third-order valence-corrected chi connectivity index (χ3v) is 4.45. The van der Waals surface area contributed by atoms with E-state index in [0.717, 1.165) is 55.2 Å². The minimum atomic E-state index is -0.119. The molecule has 1 aliphatic heterocycles. The standard InChI is InChI=1S/C18H20N4O2/c1-20-18(23)22-13-15(14-5-3-2-4-6-14)11-16(17(22)19-20)12-21-7-9-24-10-8-21/h2-6,11,13H,7-10,12H2,1H3. The first-order valence-electron chi connectivity index (χ1n) is 8.16. The number of hydrogen-bond donors (Lipinski definition) is 0. The molecule has 0 aliphatic carbocycles. The summed E-state index contributed by atoms with van der Waals surface area (Å²) in [7, 11) is 1.69. The van der Waals surface area contributed by atoms with Crippen molar-refractivity contribution in [2.45, 2.75) is 6.54 Å². The second-order valence-electron chi connectivity index (χ2n) is 6.11. The fourth-order valence-electron chi connectivity index (χ4n) is 3.15. The van der Waals surface area contributed by atoms with Crippen LogP contribution in [0.3, 0.4) is 0 Å². The number of nitrogens with zero attached hydrogens (tertiary/aromatic N) is 4. The van der Waals surface area contributed by atoms with Crippen LogP contribution >= 0.6 is 0 Å². The summed E-state index contributed by atoms with van der Waals surface area (Å²) < 4.78 is 8.47. The van der Waals surface area contributed by atoms with Crippen molar-refractivity contribution in [3.8, 4) is 11.1 Å². The minimum absolute atomic E-state index is 0.119. The lowest BCUT2D eigenvalue weighted by Gasteiger charge is -2.26. The highest BCUT2D eigenvalue weighted by Gasteiger charge is 2.16. The molecule has 0 unspecified atom stereocenters. The molecular weight excluding hydrogens is 304 g/mol. The molecule has 0 radical (unpaired) electrons. The molecule has 6 heteroatoms. The van der Waals surface area contributed by atoms with Crippen molar-refractivity contribution in [3.05, 3.63) is 58.6 Å². The molecule has 3 heterocycles. The largest absolute Gasteiger partial charge is 0.379 e. The quantitative estimate of drug-likeness (QED) is 0.733. The average molecular weight is 324 g/mol. The molecule has 2 aromatic heterocycles. The van der Waals surface area contributed by atoms with Gasteiger partial charge in [0.25, 0.3) is 0 Å². The SMILES string of the molecule is Cn1nc2c(CN3CCOCC3)cc(-c3ccccc3)cn2c1=O. The van der Waals surface area contributed by atoms with Crippen molar-refractivity contribution in [2.75, 3.05) is 26.3 Å². The van der Waals surface area contributed by atoms with E-state index in [0.29, 0.717) is 0 Å². The van der Waals surface area contributed by atoms with Gasteiger partial charge >= 0.3 is 5.69 Å². The normalized spacial score (nSPS) is 15.9. The van der Waals surface area contributed by atoms with Crippen molar-refractivity contribution in [3.63, 3.8) is 0 Å². The van der Waals surface area contributed by atoms with E-state index >= 15 is 0 Å². The number of fused-ring (bicyclic) bond motifs is 1. The molecule has 24 heavy (non-hydrogen) atoms. The first-order valence-corrected chi connectivity index (χ1v) is 8.16. The molecule has 3 aromatic rings. The van der Waals surface area contributed by atoms with Gasteiger partial charge in [-0.1, -0.05) is 30.3 Å². The Kier molecular flexibility index (Phi) is 3.92. The number of pyridine rings is 1. The summed E-state index contributed by atoms with van der Waals surface area (Å²) in [6.45, 7) is 4.08.